The van der Waals surface area contributed by atoms with Crippen molar-refractivity contribution in [1.82, 2.24) is 5.43 Å². The summed E-state index contributed by atoms with van der Waals surface area (Å²) in [5.41, 5.74) is 4.11. The lowest BCUT2D eigenvalue weighted by molar-refractivity contribution is -0.137. The third-order valence-corrected chi connectivity index (χ3v) is 7.21. The number of rotatable bonds is 7. The van der Waals surface area contributed by atoms with Gasteiger partial charge in [-0.25, -0.2) is 5.43 Å². The zero-order chi connectivity index (χ0) is 28.0. The summed E-state index contributed by atoms with van der Waals surface area (Å²) in [6, 6.07) is 15.6. The Morgan fingerprint density at radius 1 is 1.00 bits per heavy atom. The molecule has 1 aliphatic heterocycles. The Bertz CT molecular complexity index is 1390. The average Bonchev–Trinajstić information content (AvgIpc) is 2.94. The van der Waals surface area contributed by atoms with Crippen molar-refractivity contribution in [2.75, 3.05) is 23.3 Å². The number of hydrogen-bond donors (Lipinski definition) is 2. The molecular weight excluding hydrogens is 597 g/mol. The molecule has 2 amide bonds. The van der Waals surface area contributed by atoms with Gasteiger partial charge in [-0.1, -0.05) is 45.7 Å². The molecule has 1 aliphatic rings. The van der Waals surface area contributed by atoms with Gasteiger partial charge >= 0.3 is 6.18 Å². The molecule has 1 fully saturated rings. The summed E-state index contributed by atoms with van der Waals surface area (Å²) >= 11 is 9.05. The third-order valence-electron chi connectivity index (χ3n) is 6.24. The number of nitrogens with zero attached hydrogens (tertiary/aromatic N) is 2. The molecule has 0 radical (unpaired) electrons. The van der Waals surface area contributed by atoms with Gasteiger partial charge in [-0.3, -0.25) is 9.59 Å². The lowest BCUT2D eigenvalue weighted by atomic mass is 10.1. The highest BCUT2D eigenvalue weighted by Gasteiger charge is 2.33. The van der Waals surface area contributed by atoms with E-state index in [0.29, 0.717) is 10.9 Å². The Morgan fingerprint density at radius 2 is 1.77 bits per heavy atom. The second-order valence-electron chi connectivity index (χ2n) is 9.00. The summed E-state index contributed by atoms with van der Waals surface area (Å²) in [6.07, 6.45) is -0.312. The zero-order valence-corrected chi connectivity index (χ0v) is 23.0. The smallest absolute Gasteiger partial charge is 0.372 e. The molecule has 11 heteroatoms. The maximum atomic E-state index is 13.2. The van der Waals surface area contributed by atoms with Gasteiger partial charge < -0.3 is 10.2 Å². The number of piperidine rings is 1. The number of carbonyl (C=O) groups excluding carboxylic acids is 2. The van der Waals surface area contributed by atoms with Crippen LogP contribution in [0.3, 0.4) is 0 Å². The minimum atomic E-state index is -4.62. The molecule has 1 heterocycles. The van der Waals surface area contributed by atoms with E-state index in [2.05, 4.69) is 36.7 Å². The third kappa shape index (κ3) is 7.39. The Morgan fingerprint density at radius 3 is 2.49 bits per heavy atom. The fourth-order valence-corrected chi connectivity index (χ4v) is 4.81. The lowest BCUT2D eigenvalue weighted by Crippen LogP contribution is -2.30. The van der Waals surface area contributed by atoms with E-state index in [1.165, 1.54) is 6.07 Å². The maximum Gasteiger partial charge on any atom is 0.417 e. The van der Waals surface area contributed by atoms with Crippen LogP contribution in [0, 0.1) is 0 Å². The van der Waals surface area contributed by atoms with Gasteiger partial charge in [-0.15, -0.1) is 0 Å². The first-order chi connectivity index (χ1) is 18.7. The highest BCUT2D eigenvalue weighted by molar-refractivity contribution is 9.08. The number of benzene rings is 3. The van der Waals surface area contributed by atoms with Crippen molar-refractivity contribution < 1.29 is 22.8 Å². The first-order valence-corrected chi connectivity index (χ1v) is 13.7. The number of halogens is 5. The number of anilines is 2. The van der Waals surface area contributed by atoms with Crippen molar-refractivity contribution >= 4 is 56.9 Å². The van der Waals surface area contributed by atoms with Crippen molar-refractivity contribution in [3.8, 4) is 0 Å². The maximum absolute atomic E-state index is 13.2. The average molecular weight is 622 g/mol. The van der Waals surface area contributed by atoms with Crippen LogP contribution < -0.4 is 15.6 Å². The van der Waals surface area contributed by atoms with Crippen LogP contribution in [-0.4, -0.2) is 31.1 Å². The van der Waals surface area contributed by atoms with Gasteiger partial charge in [0.15, 0.2) is 0 Å². The minimum Gasteiger partial charge on any atom is -0.372 e. The van der Waals surface area contributed by atoms with Crippen molar-refractivity contribution in [1.29, 1.82) is 0 Å². The minimum absolute atomic E-state index is 0.106. The van der Waals surface area contributed by atoms with Gasteiger partial charge in [-0.2, -0.15) is 18.3 Å². The van der Waals surface area contributed by atoms with Gasteiger partial charge in [0.25, 0.3) is 11.8 Å². The molecule has 0 aromatic heterocycles. The second kappa shape index (κ2) is 12.7. The molecule has 204 valence electrons. The van der Waals surface area contributed by atoms with Gasteiger partial charge in [0, 0.05) is 29.7 Å². The molecule has 0 unspecified atom stereocenters. The summed E-state index contributed by atoms with van der Waals surface area (Å²) in [5.74, 6) is -1.01. The van der Waals surface area contributed by atoms with Crippen molar-refractivity contribution in [2.45, 2.75) is 30.8 Å². The normalized spacial score (nSPS) is 13.9. The SMILES string of the molecule is O=C(Nc1ccc(N2CCCCC2)cc1C(=O)NN=Cc1ccc(Cl)c(C(F)(F)F)c1)c1cccc(CBr)c1. The molecule has 3 aromatic carbocycles. The van der Waals surface area contributed by atoms with Crippen LogP contribution in [0.4, 0.5) is 24.5 Å². The van der Waals surface area contributed by atoms with Crippen LogP contribution in [-0.2, 0) is 11.5 Å². The van der Waals surface area contributed by atoms with E-state index in [0.717, 1.165) is 62.0 Å². The molecule has 3 aromatic rings. The van der Waals surface area contributed by atoms with E-state index < -0.39 is 22.7 Å². The number of carbonyl (C=O) groups is 2. The van der Waals surface area contributed by atoms with Crippen LogP contribution in [0.5, 0.6) is 0 Å². The fourth-order valence-electron chi connectivity index (χ4n) is 4.23. The molecule has 0 aliphatic carbocycles. The summed E-state index contributed by atoms with van der Waals surface area (Å²) in [5, 5.41) is 6.81. The predicted octanol–water partition coefficient (Wildman–Crippen LogP) is 7.26. The van der Waals surface area contributed by atoms with E-state index in [1.807, 2.05) is 12.1 Å². The van der Waals surface area contributed by atoms with Gasteiger partial charge in [-0.05, 0) is 72.9 Å². The molecule has 6 nitrogen and oxygen atoms in total. The monoisotopic (exact) mass is 620 g/mol. The van der Waals surface area contributed by atoms with Gasteiger partial charge in [0.1, 0.15) is 0 Å². The van der Waals surface area contributed by atoms with E-state index in [-0.39, 0.29) is 22.7 Å². The number of nitrogens with one attached hydrogen (secondary N) is 2. The first kappa shape index (κ1) is 28.6. The Balaban J connectivity index is 1.58. The highest BCUT2D eigenvalue weighted by Crippen LogP contribution is 2.35. The van der Waals surface area contributed by atoms with Crippen LogP contribution >= 0.6 is 27.5 Å². The quantitative estimate of drug-likeness (QED) is 0.166. The fraction of sp³-hybridized carbons (Fsp3) is 0.250. The largest absolute Gasteiger partial charge is 0.417 e. The number of hydrazone groups is 1. The summed E-state index contributed by atoms with van der Waals surface area (Å²) in [7, 11) is 0. The summed E-state index contributed by atoms with van der Waals surface area (Å²) in [6.45, 7) is 1.70. The predicted molar refractivity (Wildman–Crippen MR) is 151 cm³/mol. The number of alkyl halides is 4. The van der Waals surface area contributed by atoms with Crippen LogP contribution in [0.25, 0.3) is 0 Å². The van der Waals surface area contributed by atoms with E-state index in [1.54, 1.807) is 30.3 Å². The van der Waals surface area contributed by atoms with Crippen LogP contribution in [0.15, 0.2) is 65.8 Å². The molecular formula is C28H25BrClF3N4O2. The van der Waals surface area contributed by atoms with Crippen LogP contribution in [0.2, 0.25) is 5.02 Å². The highest BCUT2D eigenvalue weighted by atomic mass is 79.9. The molecule has 39 heavy (non-hydrogen) atoms. The molecule has 1 saturated heterocycles. The molecule has 2 N–H and O–H groups in total. The Hall–Kier alpha value is -3.37. The molecule has 0 bridgehead atoms. The number of amides is 2. The van der Waals surface area contributed by atoms with Crippen molar-refractivity contribution in [3.63, 3.8) is 0 Å². The second-order valence-corrected chi connectivity index (χ2v) is 9.97. The lowest BCUT2D eigenvalue weighted by Gasteiger charge is -2.29. The van der Waals surface area contributed by atoms with Gasteiger partial charge in [0.05, 0.1) is 28.1 Å². The van der Waals surface area contributed by atoms with E-state index in [4.69, 9.17) is 11.6 Å². The Kier molecular flexibility index (Phi) is 9.29. The topological polar surface area (TPSA) is 73.8 Å². The molecule has 0 saturated carbocycles. The van der Waals surface area contributed by atoms with E-state index in [9.17, 15) is 22.8 Å². The zero-order valence-electron chi connectivity index (χ0n) is 20.7. The standard InChI is InChI=1S/C28H25BrClF3N4O2/c29-16-18-5-4-6-20(13-18)26(38)35-25-10-8-21(37-11-2-1-3-12-37)15-22(25)27(39)36-34-17-19-7-9-24(30)23(14-19)28(31,32)33/h4-10,13-15,17H,1-3,11-12,16H2,(H,35,38)(H,36,39). The first-order valence-electron chi connectivity index (χ1n) is 12.2. The molecule has 4 rings (SSSR count). The summed E-state index contributed by atoms with van der Waals surface area (Å²) in [4.78, 5) is 28.3. The Labute approximate surface area is 237 Å². The van der Waals surface area contributed by atoms with Gasteiger partial charge in [0.2, 0.25) is 0 Å². The molecule has 0 atom stereocenters. The molecule has 0 spiro atoms. The van der Waals surface area contributed by atoms with Crippen LogP contribution in [0.1, 0.15) is 56.7 Å². The summed E-state index contributed by atoms with van der Waals surface area (Å²) < 4.78 is 39.5. The number of hydrogen-bond acceptors (Lipinski definition) is 4. The van der Waals surface area contributed by atoms with E-state index >= 15 is 0 Å². The van der Waals surface area contributed by atoms with Crippen molar-refractivity contribution in [3.05, 3.63) is 93.5 Å². The van der Waals surface area contributed by atoms with Crippen molar-refractivity contribution in [2.24, 2.45) is 5.10 Å².